The molecule has 0 aliphatic heterocycles. The highest BCUT2D eigenvalue weighted by Crippen LogP contribution is 2.35. The molecule has 0 atom stereocenters. The highest BCUT2D eigenvalue weighted by atomic mass is 19.2. The molecule has 34 heavy (non-hydrogen) atoms. The summed E-state index contributed by atoms with van der Waals surface area (Å²) in [6, 6.07) is 15.2. The average molecular weight is 471 g/mol. The predicted octanol–water partition coefficient (Wildman–Crippen LogP) is 6.90. The van der Waals surface area contributed by atoms with Gasteiger partial charge in [0.2, 0.25) is 0 Å². The van der Waals surface area contributed by atoms with Crippen molar-refractivity contribution in [3.63, 3.8) is 0 Å². The van der Waals surface area contributed by atoms with Crippen molar-refractivity contribution in [2.24, 2.45) is 0 Å². The Morgan fingerprint density at radius 3 is 2.15 bits per heavy atom. The van der Waals surface area contributed by atoms with Crippen LogP contribution >= 0.6 is 0 Å². The van der Waals surface area contributed by atoms with Crippen LogP contribution in [0.3, 0.4) is 0 Å². The Labute approximate surface area is 198 Å². The van der Waals surface area contributed by atoms with Gasteiger partial charge in [-0.2, -0.15) is 0 Å². The maximum atomic E-state index is 14.7. The van der Waals surface area contributed by atoms with Crippen LogP contribution in [0.5, 0.6) is 5.75 Å². The van der Waals surface area contributed by atoms with Crippen molar-refractivity contribution in [2.75, 3.05) is 6.61 Å². The normalized spacial score (nSPS) is 18.1. The lowest BCUT2D eigenvalue weighted by molar-refractivity contribution is 0.122. The van der Waals surface area contributed by atoms with E-state index in [1.165, 1.54) is 6.07 Å². The van der Waals surface area contributed by atoms with Gasteiger partial charge in [-0.15, -0.1) is 0 Å². The third kappa shape index (κ3) is 5.62. The second kappa shape index (κ2) is 11.1. The summed E-state index contributed by atoms with van der Waals surface area (Å²) in [5, 5.41) is 9.65. The molecule has 3 aromatic carbocycles. The van der Waals surface area contributed by atoms with Crippen molar-refractivity contribution >= 4 is 0 Å². The molecule has 0 bridgehead atoms. The first-order valence-electron chi connectivity index (χ1n) is 11.7. The van der Waals surface area contributed by atoms with E-state index in [0.717, 1.165) is 11.1 Å². The molecule has 0 unspecified atom stereocenters. The Bertz CT molecular complexity index is 1110. The van der Waals surface area contributed by atoms with Crippen LogP contribution in [-0.4, -0.2) is 17.8 Å². The Kier molecular flexibility index (Phi) is 7.91. The fraction of sp³-hybridized carbons (Fsp3) is 0.357. The zero-order valence-corrected chi connectivity index (χ0v) is 19.2. The SMILES string of the molecule is CCOCc1ccc(-c2ccc(OCc3ccc(C4CCC(O)CC4)c(F)c3F)cc2)cc1F. The van der Waals surface area contributed by atoms with Gasteiger partial charge in [0, 0.05) is 17.7 Å². The van der Waals surface area contributed by atoms with Gasteiger partial charge in [-0.3, -0.25) is 0 Å². The minimum atomic E-state index is -0.886. The van der Waals surface area contributed by atoms with E-state index in [-0.39, 0.29) is 36.6 Å². The second-order valence-corrected chi connectivity index (χ2v) is 8.70. The summed E-state index contributed by atoms with van der Waals surface area (Å²) in [5.41, 5.74) is 2.56. The lowest BCUT2D eigenvalue weighted by Gasteiger charge is -2.26. The molecule has 6 heteroatoms. The summed E-state index contributed by atoms with van der Waals surface area (Å²) in [5.74, 6) is -1.60. The zero-order chi connectivity index (χ0) is 24.1. The minimum Gasteiger partial charge on any atom is -0.489 e. The summed E-state index contributed by atoms with van der Waals surface area (Å²) in [6.07, 6.45) is 2.17. The topological polar surface area (TPSA) is 38.7 Å². The van der Waals surface area contributed by atoms with Crippen LogP contribution in [0.4, 0.5) is 13.2 Å². The second-order valence-electron chi connectivity index (χ2n) is 8.70. The molecular formula is C28H29F3O3. The molecule has 3 nitrogen and oxygen atoms in total. The van der Waals surface area contributed by atoms with Crippen LogP contribution < -0.4 is 4.74 Å². The highest BCUT2D eigenvalue weighted by Gasteiger charge is 2.25. The first-order chi connectivity index (χ1) is 16.5. The van der Waals surface area contributed by atoms with Gasteiger partial charge in [0.25, 0.3) is 0 Å². The average Bonchev–Trinajstić information content (AvgIpc) is 2.85. The quantitative estimate of drug-likeness (QED) is 0.389. The van der Waals surface area contributed by atoms with Crippen LogP contribution in [0.2, 0.25) is 0 Å². The fourth-order valence-electron chi connectivity index (χ4n) is 4.38. The lowest BCUT2D eigenvalue weighted by Crippen LogP contribution is -2.18. The molecule has 3 aromatic rings. The van der Waals surface area contributed by atoms with Gasteiger partial charge in [0.05, 0.1) is 12.7 Å². The molecule has 0 amide bonds. The number of ether oxygens (including phenoxy) is 2. The molecule has 0 aromatic heterocycles. The fourth-order valence-corrected chi connectivity index (χ4v) is 4.38. The molecule has 1 fully saturated rings. The third-order valence-corrected chi connectivity index (χ3v) is 6.43. The predicted molar refractivity (Wildman–Crippen MR) is 125 cm³/mol. The van der Waals surface area contributed by atoms with Crippen LogP contribution in [0.25, 0.3) is 11.1 Å². The number of hydrogen-bond acceptors (Lipinski definition) is 3. The minimum absolute atomic E-state index is 0.0708. The Morgan fingerprint density at radius 2 is 1.47 bits per heavy atom. The van der Waals surface area contributed by atoms with E-state index in [2.05, 4.69) is 0 Å². The van der Waals surface area contributed by atoms with Crippen molar-refractivity contribution in [2.45, 2.75) is 57.8 Å². The molecule has 0 heterocycles. The molecule has 4 rings (SSSR count). The van der Waals surface area contributed by atoms with Crippen molar-refractivity contribution in [3.05, 3.63) is 88.7 Å². The van der Waals surface area contributed by atoms with Gasteiger partial charge in [0.1, 0.15) is 18.2 Å². The molecule has 0 spiro atoms. The van der Waals surface area contributed by atoms with Gasteiger partial charge in [-0.05, 0) is 73.4 Å². The number of benzene rings is 3. The van der Waals surface area contributed by atoms with E-state index in [1.807, 2.05) is 13.0 Å². The maximum Gasteiger partial charge on any atom is 0.165 e. The van der Waals surface area contributed by atoms with Gasteiger partial charge in [-0.1, -0.05) is 36.4 Å². The molecule has 1 saturated carbocycles. The van der Waals surface area contributed by atoms with E-state index in [0.29, 0.717) is 49.2 Å². The molecule has 1 N–H and O–H groups in total. The monoisotopic (exact) mass is 470 g/mol. The van der Waals surface area contributed by atoms with Gasteiger partial charge >= 0.3 is 0 Å². The van der Waals surface area contributed by atoms with Crippen LogP contribution in [0.15, 0.2) is 54.6 Å². The van der Waals surface area contributed by atoms with Crippen molar-refractivity contribution in [1.82, 2.24) is 0 Å². The number of aliphatic hydroxyl groups excluding tert-OH is 1. The molecular weight excluding hydrogens is 441 g/mol. The molecule has 0 radical (unpaired) electrons. The van der Waals surface area contributed by atoms with E-state index < -0.39 is 11.6 Å². The number of rotatable bonds is 8. The molecule has 180 valence electrons. The summed E-state index contributed by atoms with van der Waals surface area (Å²) < 4.78 is 54.6. The van der Waals surface area contributed by atoms with E-state index in [9.17, 15) is 18.3 Å². The zero-order valence-electron chi connectivity index (χ0n) is 19.2. The largest absolute Gasteiger partial charge is 0.489 e. The molecule has 1 aliphatic rings. The standard InChI is InChI=1S/C28H29F3O3/c1-2-33-16-21-4-3-20(15-26(21)29)18-7-12-24(13-8-18)34-17-22-9-14-25(28(31)27(22)30)19-5-10-23(32)11-6-19/h3-4,7-9,12-15,19,23,32H,2,5-6,10-11,16-17H2,1H3. The Balaban J connectivity index is 1.40. The van der Waals surface area contributed by atoms with E-state index in [1.54, 1.807) is 42.5 Å². The summed E-state index contributed by atoms with van der Waals surface area (Å²) >= 11 is 0. The summed E-state index contributed by atoms with van der Waals surface area (Å²) in [4.78, 5) is 0. The Hall–Kier alpha value is -2.83. The molecule has 1 aliphatic carbocycles. The van der Waals surface area contributed by atoms with E-state index in [4.69, 9.17) is 9.47 Å². The third-order valence-electron chi connectivity index (χ3n) is 6.43. The first kappa shape index (κ1) is 24.3. The van der Waals surface area contributed by atoms with Gasteiger partial charge in [0.15, 0.2) is 11.6 Å². The maximum absolute atomic E-state index is 14.7. The number of halogens is 3. The summed E-state index contributed by atoms with van der Waals surface area (Å²) in [6.45, 7) is 2.51. The van der Waals surface area contributed by atoms with Crippen molar-refractivity contribution in [3.8, 4) is 16.9 Å². The van der Waals surface area contributed by atoms with Crippen molar-refractivity contribution < 1.29 is 27.8 Å². The van der Waals surface area contributed by atoms with E-state index >= 15 is 0 Å². The van der Waals surface area contributed by atoms with Crippen LogP contribution in [-0.2, 0) is 18.0 Å². The van der Waals surface area contributed by atoms with Gasteiger partial charge < -0.3 is 14.6 Å². The smallest absolute Gasteiger partial charge is 0.165 e. The number of hydrogen-bond donors (Lipinski definition) is 1. The van der Waals surface area contributed by atoms with Crippen LogP contribution in [0, 0.1) is 17.5 Å². The molecule has 0 saturated heterocycles. The van der Waals surface area contributed by atoms with Crippen molar-refractivity contribution in [1.29, 1.82) is 0 Å². The highest BCUT2D eigenvalue weighted by molar-refractivity contribution is 5.64. The Morgan fingerprint density at radius 1 is 0.794 bits per heavy atom. The number of aliphatic hydroxyl groups is 1. The first-order valence-corrected chi connectivity index (χ1v) is 11.7. The summed E-state index contributed by atoms with van der Waals surface area (Å²) in [7, 11) is 0. The van der Waals surface area contributed by atoms with Crippen LogP contribution in [0.1, 0.15) is 55.2 Å². The lowest BCUT2D eigenvalue weighted by atomic mass is 9.82. The van der Waals surface area contributed by atoms with Gasteiger partial charge in [-0.25, -0.2) is 13.2 Å².